The minimum Gasteiger partial charge on any atom is -0.386 e. The van der Waals surface area contributed by atoms with Gasteiger partial charge in [-0.3, -0.25) is 5.41 Å². The highest BCUT2D eigenvalue weighted by molar-refractivity contribution is 5.84. The zero-order valence-electron chi connectivity index (χ0n) is 10.0. The van der Waals surface area contributed by atoms with Gasteiger partial charge in [-0.2, -0.15) is 0 Å². The molecule has 0 atom stereocenters. The lowest BCUT2D eigenvalue weighted by atomic mass is 10.1. The third-order valence-corrected chi connectivity index (χ3v) is 2.75. The van der Waals surface area contributed by atoms with Crippen LogP contribution in [0.2, 0.25) is 0 Å². The van der Waals surface area contributed by atoms with Crippen molar-refractivity contribution in [2.45, 2.75) is 32.6 Å². The summed E-state index contributed by atoms with van der Waals surface area (Å²) in [5.41, 5.74) is 5.36. The molecule has 0 unspecified atom stereocenters. The lowest BCUT2D eigenvalue weighted by Gasteiger charge is -2.32. The molecule has 5 heteroatoms. The van der Waals surface area contributed by atoms with Crippen molar-refractivity contribution in [3.63, 3.8) is 0 Å². The predicted molar refractivity (Wildman–Crippen MR) is 64.6 cm³/mol. The summed E-state index contributed by atoms with van der Waals surface area (Å²) in [6, 6.07) is 0.0387. The number of nitrogens with two attached hydrogens (primary N) is 1. The molecule has 0 aromatic rings. The summed E-state index contributed by atoms with van der Waals surface area (Å²) >= 11 is 0. The van der Waals surface area contributed by atoms with E-state index < -0.39 is 0 Å². The first-order valence-electron chi connectivity index (χ1n) is 6.02. The highest BCUT2D eigenvalue weighted by Gasteiger charge is 2.22. The Kier molecular flexibility index (Phi) is 5.08. The number of rotatable bonds is 4. The van der Waals surface area contributed by atoms with Gasteiger partial charge in [-0.1, -0.05) is 6.92 Å². The first-order chi connectivity index (χ1) is 7.65. The van der Waals surface area contributed by atoms with E-state index in [1.807, 2.05) is 11.8 Å². The van der Waals surface area contributed by atoms with Gasteiger partial charge in [0, 0.05) is 19.6 Å². The summed E-state index contributed by atoms with van der Waals surface area (Å²) in [7, 11) is 0. The molecular formula is C11H22N4O. The van der Waals surface area contributed by atoms with Gasteiger partial charge in [0.25, 0.3) is 0 Å². The molecule has 1 heterocycles. The molecule has 1 rings (SSSR count). The SMILES string of the molecule is CCCN(CC(=N)N)C(=O)N1CCCCC1. The molecule has 1 fully saturated rings. The number of amides is 2. The van der Waals surface area contributed by atoms with Crippen LogP contribution >= 0.6 is 0 Å². The molecule has 1 aliphatic heterocycles. The van der Waals surface area contributed by atoms with Crippen LogP contribution in [0.4, 0.5) is 4.79 Å². The van der Waals surface area contributed by atoms with Crippen LogP contribution in [0.25, 0.3) is 0 Å². The van der Waals surface area contributed by atoms with Gasteiger partial charge < -0.3 is 15.5 Å². The van der Waals surface area contributed by atoms with Crippen LogP contribution in [0.1, 0.15) is 32.6 Å². The summed E-state index contributed by atoms with van der Waals surface area (Å²) in [6.45, 7) is 4.64. The number of nitrogens with zero attached hydrogens (tertiary/aromatic N) is 2. The van der Waals surface area contributed by atoms with E-state index in [4.69, 9.17) is 11.1 Å². The van der Waals surface area contributed by atoms with Crippen LogP contribution in [-0.4, -0.2) is 47.8 Å². The molecule has 3 N–H and O–H groups in total. The van der Waals surface area contributed by atoms with E-state index in [1.165, 1.54) is 6.42 Å². The van der Waals surface area contributed by atoms with Crippen molar-refractivity contribution < 1.29 is 4.79 Å². The van der Waals surface area contributed by atoms with Crippen molar-refractivity contribution in [1.29, 1.82) is 5.41 Å². The number of urea groups is 1. The third-order valence-electron chi connectivity index (χ3n) is 2.75. The monoisotopic (exact) mass is 226 g/mol. The average Bonchev–Trinajstić information content (AvgIpc) is 2.28. The molecule has 5 nitrogen and oxygen atoms in total. The Morgan fingerprint density at radius 2 is 2.00 bits per heavy atom. The van der Waals surface area contributed by atoms with Crippen molar-refractivity contribution in [2.75, 3.05) is 26.2 Å². The van der Waals surface area contributed by atoms with Gasteiger partial charge in [0.2, 0.25) is 0 Å². The number of piperidine rings is 1. The molecule has 0 saturated carbocycles. The molecule has 2 amide bonds. The Hall–Kier alpha value is -1.26. The quantitative estimate of drug-likeness (QED) is 0.559. The normalized spacial score (nSPS) is 15.9. The fraction of sp³-hybridized carbons (Fsp3) is 0.818. The van der Waals surface area contributed by atoms with Crippen LogP contribution in [-0.2, 0) is 0 Å². The Bertz CT molecular complexity index is 248. The maximum atomic E-state index is 12.1. The molecule has 0 aliphatic carbocycles. The zero-order chi connectivity index (χ0) is 12.0. The van der Waals surface area contributed by atoms with Gasteiger partial charge in [-0.15, -0.1) is 0 Å². The number of hydrogen-bond acceptors (Lipinski definition) is 2. The number of amidine groups is 1. The molecule has 1 aliphatic rings. The topological polar surface area (TPSA) is 73.4 Å². The minimum absolute atomic E-state index is 0.0387. The van der Waals surface area contributed by atoms with E-state index in [2.05, 4.69) is 0 Å². The van der Waals surface area contributed by atoms with Gasteiger partial charge in [0.05, 0.1) is 6.54 Å². The van der Waals surface area contributed by atoms with Gasteiger partial charge in [-0.05, 0) is 25.7 Å². The van der Waals surface area contributed by atoms with E-state index >= 15 is 0 Å². The van der Waals surface area contributed by atoms with E-state index in [1.54, 1.807) is 4.90 Å². The third kappa shape index (κ3) is 3.72. The van der Waals surface area contributed by atoms with E-state index in [0.717, 1.165) is 32.4 Å². The number of likely N-dealkylation sites (tertiary alicyclic amines) is 1. The molecule has 0 aromatic heterocycles. The molecule has 16 heavy (non-hydrogen) atoms. The van der Waals surface area contributed by atoms with Crippen LogP contribution < -0.4 is 5.73 Å². The summed E-state index contributed by atoms with van der Waals surface area (Å²) in [5.74, 6) is 0.0545. The molecule has 1 saturated heterocycles. The smallest absolute Gasteiger partial charge is 0.320 e. The first kappa shape index (κ1) is 12.8. The maximum Gasteiger partial charge on any atom is 0.320 e. The first-order valence-corrected chi connectivity index (χ1v) is 6.02. The van der Waals surface area contributed by atoms with Gasteiger partial charge in [-0.25, -0.2) is 4.79 Å². The van der Waals surface area contributed by atoms with Crippen molar-refractivity contribution in [1.82, 2.24) is 9.80 Å². The van der Waals surface area contributed by atoms with Crippen LogP contribution in [0.5, 0.6) is 0 Å². The fourth-order valence-corrected chi connectivity index (χ4v) is 2.00. The van der Waals surface area contributed by atoms with Crippen molar-refractivity contribution in [3.8, 4) is 0 Å². The summed E-state index contributed by atoms with van der Waals surface area (Å²) < 4.78 is 0. The van der Waals surface area contributed by atoms with Gasteiger partial charge >= 0.3 is 6.03 Å². The van der Waals surface area contributed by atoms with Crippen molar-refractivity contribution >= 4 is 11.9 Å². The Labute approximate surface area is 97.1 Å². The zero-order valence-corrected chi connectivity index (χ0v) is 10.0. The summed E-state index contributed by atoms with van der Waals surface area (Å²) in [5, 5.41) is 7.28. The molecule has 0 radical (unpaired) electrons. The summed E-state index contributed by atoms with van der Waals surface area (Å²) in [6.07, 6.45) is 4.29. The molecule has 0 aromatic carbocycles. The van der Waals surface area contributed by atoms with Gasteiger partial charge in [0.15, 0.2) is 0 Å². The number of carbonyl (C=O) groups is 1. The highest BCUT2D eigenvalue weighted by Crippen LogP contribution is 2.11. The largest absolute Gasteiger partial charge is 0.386 e. The second-order valence-electron chi connectivity index (χ2n) is 4.28. The highest BCUT2D eigenvalue weighted by atomic mass is 16.2. The Balaban J connectivity index is 2.54. The number of nitrogens with one attached hydrogen (secondary N) is 1. The molecule has 92 valence electrons. The van der Waals surface area contributed by atoms with Gasteiger partial charge in [0.1, 0.15) is 5.84 Å². The predicted octanol–water partition coefficient (Wildman–Crippen LogP) is 1.24. The second-order valence-corrected chi connectivity index (χ2v) is 4.28. The van der Waals surface area contributed by atoms with Crippen molar-refractivity contribution in [3.05, 3.63) is 0 Å². The minimum atomic E-state index is 0.0387. The lowest BCUT2D eigenvalue weighted by molar-refractivity contribution is 0.149. The molecule has 0 bridgehead atoms. The van der Waals surface area contributed by atoms with E-state index in [9.17, 15) is 4.79 Å². The Morgan fingerprint density at radius 3 is 2.50 bits per heavy atom. The number of carbonyl (C=O) groups excluding carboxylic acids is 1. The standard InChI is InChI=1S/C11H22N4O/c1-2-6-15(9-10(12)13)11(16)14-7-4-3-5-8-14/h2-9H2,1H3,(H3,12,13). The van der Waals surface area contributed by atoms with Crippen LogP contribution in [0.3, 0.4) is 0 Å². The molecular weight excluding hydrogens is 204 g/mol. The number of hydrogen-bond donors (Lipinski definition) is 2. The fourth-order valence-electron chi connectivity index (χ4n) is 2.00. The van der Waals surface area contributed by atoms with E-state index in [0.29, 0.717) is 6.54 Å². The molecule has 0 spiro atoms. The Morgan fingerprint density at radius 1 is 1.38 bits per heavy atom. The lowest BCUT2D eigenvalue weighted by Crippen LogP contribution is -2.48. The van der Waals surface area contributed by atoms with Crippen LogP contribution in [0.15, 0.2) is 0 Å². The van der Waals surface area contributed by atoms with Crippen LogP contribution in [0, 0.1) is 5.41 Å². The average molecular weight is 226 g/mol. The van der Waals surface area contributed by atoms with E-state index in [-0.39, 0.29) is 18.4 Å². The summed E-state index contributed by atoms with van der Waals surface area (Å²) in [4.78, 5) is 15.7. The second kappa shape index (κ2) is 6.35. The van der Waals surface area contributed by atoms with Crippen molar-refractivity contribution in [2.24, 2.45) is 5.73 Å². The maximum absolute atomic E-state index is 12.1.